The summed E-state index contributed by atoms with van der Waals surface area (Å²) >= 11 is 0. The van der Waals surface area contributed by atoms with Crippen molar-refractivity contribution in [2.75, 3.05) is 7.05 Å². The van der Waals surface area contributed by atoms with E-state index in [1.54, 1.807) is 5.57 Å². The summed E-state index contributed by atoms with van der Waals surface area (Å²) < 4.78 is 0. The lowest BCUT2D eigenvalue weighted by Crippen LogP contribution is -2.48. The van der Waals surface area contributed by atoms with Crippen molar-refractivity contribution < 1.29 is 0 Å². The topological polar surface area (TPSA) is 15.3 Å². The lowest BCUT2D eigenvalue weighted by molar-refractivity contribution is 0.124. The summed E-state index contributed by atoms with van der Waals surface area (Å²) in [6, 6.07) is 0. The first-order chi connectivity index (χ1) is 6.96. The number of rotatable bonds is 2. The summed E-state index contributed by atoms with van der Waals surface area (Å²) in [6.45, 7) is 9.06. The van der Waals surface area contributed by atoms with Crippen LogP contribution in [0.1, 0.15) is 59.8 Å². The number of hydrogen-bond donors (Lipinski definition) is 1. The van der Waals surface area contributed by atoms with Crippen LogP contribution in [0.4, 0.5) is 0 Å². The molecule has 88 valence electrons. The fourth-order valence-corrected chi connectivity index (χ4v) is 2.39. The van der Waals surface area contributed by atoms with E-state index in [1.165, 1.54) is 37.8 Å². The molecule has 2 nitrogen and oxygen atoms in total. The largest absolute Gasteiger partial charge is 0.308 e. The Labute approximate surface area is 94.7 Å². The van der Waals surface area contributed by atoms with Crippen LogP contribution in [-0.4, -0.2) is 17.6 Å². The van der Waals surface area contributed by atoms with E-state index in [1.807, 2.05) is 7.05 Å². The zero-order chi connectivity index (χ0) is 11.5. The number of nitrogens with zero attached hydrogens (tertiary/aromatic N) is 1. The normalized spacial score (nSPS) is 19.0. The molecule has 0 aromatic heterocycles. The molecule has 15 heavy (non-hydrogen) atoms. The second kappa shape index (κ2) is 5.02. The van der Waals surface area contributed by atoms with Crippen LogP contribution in [0.15, 0.2) is 11.3 Å². The number of allylic oxidation sites excluding steroid dienone is 2. The van der Waals surface area contributed by atoms with Crippen molar-refractivity contribution in [1.29, 1.82) is 0 Å². The molecule has 0 aliphatic heterocycles. The first-order valence-electron chi connectivity index (χ1n) is 6.13. The van der Waals surface area contributed by atoms with Crippen LogP contribution in [0, 0.1) is 0 Å². The fourth-order valence-electron chi connectivity index (χ4n) is 2.39. The van der Waals surface area contributed by atoms with Crippen LogP contribution in [-0.2, 0) is 0 Å². The number of hydrazine groups is 1. The van der Waals surface area contributed by atoms with E-state index in [-0.39, 0.29) is 5.54 Å². The van der Waals surface area contributed by atoms with Gasteiger partial charge >= 0.3 is 0 Å². The second-order valence-corrected chi connectivity index (χ2v) is 5.52. The molecule has 0 atom stereocenters. The van der Waals surface area contributed by atoms with E-state index in [2.05, 4.69) is 38.1 Å². The van der Waals surface area contributed by atoms with Crippen LogP contribution >= 0.6 is 0 Å². The minimum atomic E-state index is 0.162. The molecule has 0 aromatic carbocycles. The molecule has 1 N–H and O–H groups in total. The van der Waals surface area contributed by atoms with Gasteiger partial charge in [-0.2, -0.15) is 0 Å². The highest BCUT2D eigenvalue weighted by Gasteiger charge is 2.24. The average molecular weight is 210 g/mol. The maximum atomic E-state index is 3.35. The van der Waals surface area contributed by atoms with E-state index >= 15 is 0 Å². The highest BCUT2D eigenvalue weighted by molar-refractivity contribution is 5.14. The van der Waals surface area contributed by atoms with Gasteiger partial charge in [0.05, 0.1) is 0 Å². The molecule has 0 radical (unpaired) electrons. The number of nitrogens with one attached hydrogen (secondary N) is 1. The van der Waals surface area contributed by atoms with Crippen molar-refractivity contribution in [2.24, 2.45) is 0 Å². The predicted octanol–water partition coefficient (Wildman–Crippen LogP) is 3.46. The molecule has 2 heteroatoms. The summed E-state index contributed by atoms with van der Waals surface area (Å²) in [4.78, 5) is 0. The summed E-state index contributed by atoms with van der Waals surface area (Å²) in [6.07, 6.45) is 6.56. The standard InChI is InChI=1S/C13H26N2/c1-11-9-7-6-8-10-12(11)15(14-5)13(2,3)4/h14H,6-10H2,1-5H3. The van der Waals surface area contributed by atoms with Gasteiger partial charge in [-0.3, -0.25) is 0 Å². The zero-order valence-electron chi connectivity index (χ0n) is 11.0. The third kappa shape index (κ3) is 3.23. The van der Waals surface area contributed by atoms with Crippen molar-refractivity contribution >= 4 is 0 Å². The first-order valence-corrected chi connectivity index (χ1v) is 6.13. The monoisotopic (exact) mass is 210 g/mol. The van der Waals surface area contributed by atoms with Crippen LogP contribution < -0.4 is 5.43 Å². The van der Waals surface area contributed by atoms with Gasteiger partial charge < -0.3 is 5.01 Å². The van der Waals surface area contributed by atoms with Crippen molar-refractivity contribution in [3.63, 3.8) is 0 Å². The Morgan fingerprint density at radius 1 is 1.07 bits per heavy atom. The summed E-state index contributed by atoms with van der Waals surface area (Å²) in [7, 11) is 2.02. The van der Waals surface area contributed by atoms with Gasteiger partial charge in [-0.1, -0.05) is 12.0 Å². The van der Waals surface area contributed by atoms with Gasteiger partial charge in [0.25, 0.3) is 0 Å². The Balaban J connectivity index is 2.90. The van der Waals surface area contributed by atoms with E-state index < -0.39 is 0 Å². The Hall–Kier alpha value is -0.500. The molecule has 0 amide bonds. The first kappa shape index (κ1) is 12.6. The van der Waals surface area contributed by atoms with Crippen LogP contribution in [0.25, 0.3) is 0 Å². The third-order valence-corrected chi connectivity index (χ3v) is 3.12. The number of hydrogen-bond acceptors (Lipinski definition) is 2. The molecule has 1 aliphatic carbocycles. The van der Waals surface area contributed by atoms with Crippen LogP contribution in [0.2, 0.25) is 0 Å². The summed E-state index contributed by atoms with van der Waals surface area (Å²) in [5.74, 6) is 0. The molecule has 0 saturated heterocycles. The van der Waals surface area contributed by atoms with Crippen molar-refractivity contribution in [2.45, 2.75) is 65.3 Å². The van der Waals surface area contributed by atoms with Gasteiger partial charge in [0, 0.05) is 18.3 Å². The Morgan fingerprint density at radius 3 is 2.20 bits per heavy atom. The fraction of sp³-hybridized carbons (Fsp3) is 0.846. The van der Waals surface area contributed by atoms with Gasteiger partial charge in [-0.25, -0.2) is 5.43 Å². The SMILES string of the molecule is CNN(C1=C(C)CCCCC1)C(C)(C)C. The highest BCUT2D eigenvalue weighted by Crippen LogP contribution is 2.29. The van der Waals surface area contributed by atoms with Gasteiger partial charge in [0.15, 0.2) is 0 Å². The van der Waals surface area contributed by atoms with Crippen molar-refractivity contribution in [3.8, 4) is 0 Å². The maximum Gasteiger partial charge on any atom is 0.0475 e. The maximum absolute atomic E-state index is 3.35. The van der Waals surface area contributed by atoms with E-state index in [9.17, 15) is 0 Å². The predicted molar refractivity (Wildman–Crippen MR) is 66.4 cm³/mol. The van der Waals surface area contributed by atoms with Gasteiger partial charge in [-0.05, 0) is 53.4 Å². The minimum absolute atomic E-state index is 0.162. The molecule has 1 rings (SSSR count). The van der Waals surface area contributed by atoms with E-state index in [4.69, 9.17) is 0 Å². The third-order valence-electron chi connectivity index (χ3n) is 3.12. The molecular weight excluding hydrogens is 184 g/mol. The minimum Gasteiger partial charge on any atom is -0.308 e. The highest BCUT2D eigenvalue weighted by atomic mass is 15.5. The Morgan fingerprint density at radius 2 is 1.67 bits per heavy atom. The van der Waals surface area contributed by atoms with Crippen LogP contribution in [0.5, 0.6) is 0 Å². The van der Waals surface area contributed by atoms with E-state index in [0.29, 0.717) is 0 Å². The van der Waals surface area contributed by atoms with Gasteiger partial charge in [0.2, 0.25) is 0 Å². The molecule has 0 bridgehead atoms. The molecule has 0 aromatic rings. The Bertz CT molecular complexity index is 235. The van der Waals surface area contributed by atoms with E-state index in [0.717, 1.165) is 0 Å². The quantitative estimate of drug-likeness (QED) is 0.702. The molecule has 1 aliphatic rings. The average Bonchev–Trinajstić information content (AvgIpc) is 2.31. The molecule has 0 spiro atoms. The summed E-state index contributed by atoms with van der Waals surface area (Å²) in [5.41, 5.74) is 6.59. The molecule has 0 fully saturated rings. The summed E-state index contributed by atoms with van der Waals surface area (Å²) in [5, 5.41) is 2.34. The molecular formula is C13H26N2. The second-order valence-electron chi connectivity index (χ2n) is 5.52. The van der Waals surface area contributed by atoms with Gasteiger partial charge in [-0.15, -0.1) is 0 Å². The van der Waals surface area contributed by atoms with Crippen LogP contribution in [0.3, 0.4) is 0 Å². The lowest BCUT2D eigenvalue weighted by Gasteiger charge is -2.39. The molecule has 0 heterocycles. The molecule has 0 saturated carbocycles. The lowest BCUT2D eigenvalue weighted by atomic mass is 10.0. The van der Waals surface area contributed by atoms with Crippen molar-refractivity contribution in [1.82, 2.24) is 10.4 Å². The molecule has 0 unspecified atom stereocenters. The van der Waals surface area contributed by atoms with Crippen molar-refractivity contribution in [3.05, 3.63) is 11.3 Å². The smallest absolute Gasteiger partial charge is 0.0475 e. The van der Waals surface area contributed by atoms with Gasteiger partial charge in [0.1, 0.15) is 0 Å². The zero-order valence-corrected chi connectivity index (χ0v) is 11.0. The Kier molecular flexibility index (Phi) is 4.21.